The Morgan fingerprint density at radius 1 is 1.00 bits per heavy atom. The van der Waals surface area contributed by atoms with E-state index in [1.54, 1.807) is 0 Å². The van der Waals surface area contributed by atoms with E-state index in [-0.39, 0.29) is 5.70 Å². The molecule has 14 heavy (non-hydrogen) atoms. The first-order chi connectivity index (χ1) is 6.37. The van der Waals surface area contributed by atoms with Crippen LogP contribution in [0.25, 0.3) is 5.70 Å². The lowest BCUT2D eigenvalue weighted by Gasteiger charge is -2.07. The largest absolute Gasteiger partial charge is 0.340 e. The summed E-state index contributed by atoms with van der Waals surface area (Å²) in [5, 5.41) is 0. The third kappa shape index (κ3) is 1.24. The van der Waals surface area contributed by atoms with Crippen molar-refractivity contribution in [3.63, 3.8) is 0 Å². The van der Waals surface area contributed by atoms with Gasteiger partial charge in [0.25, 0.3) is 0 Å². The maximum Gasteiger partial charge on any atom is 0.340 e. The average Bonchev–Trinajstić information content (AvgIpc) is 2.11. The quantitative estimate of drug-likeness (QED) is 0.564. The molecule has 1 aromatic rings. The fraction of sp³-hybridized carbons (Fsp3) is 0.375. The van der Waals surface area contributed by atoms with Gasteiger partial charge in [-0.25, -0.2) is 28.1 Å². The molecule has 0 saturated heterocycles. The van der Waals surface area contributed by atoms with E-state index >= 15 is 0 Å². The summed E-state index contributed by atoms with van der Waals surface area (Å²) in [6.45, 7) is 5.01. The molecule has 6 heteroatoms. The van der Waals surface area contributed by atoms with Crippen molar-refractivity contribution in [2.75, 3.05) is 0 Å². The maximum atomic E-state index is 11.5. The van der Waals surface area contributed by atoms with Crippen LogP contribution in [-0.4, -0.2) is 13.7 Å². The van der Waals surface area contributed by atoms with E-state index in [1.165, 1.54) is 21.0 Å². The second kappa shape index (κ2) is 3.13. The second-order valence-corrected chi connectivity index (χ2v) is 3.04. The van der Waals surface area contributed by atoms with Gasteiger partial charge in [0.05, 0.1) is 0 Å². The van der Waals surface area contributed by atoms with Gasteiger partial charge in [0.15, 0.2) is 0 Å². The van der Waals surface area contributed by atoms with Crippen molar-refractivity contribution in [1.29, 1.82) is 0 Å². The summed E-state index contributed by atoms with van der Waals surface area (Å²) in [5.74, 6) is 0. The minimum absolute atomic E-state index is 0.284. The molecule has 0 amide bonds. The fourth-order valence-corrected chi connectivity index (χ4v) is 1.10. The summed E-state index contributed by atoms with van der Waals surface area (Å²) in [6, 6.07) is 0. The maximum absolute atomic E-state index is 11.5. The van der Waals surface area contributed by atoms with Crippen molar-refractivity contribution in [3.05, 3.63) is 38.0 Å². The van der Waals surface area contributed by atoms with Crippen LogP contribution < -0.4 is 17.1 Å². The topological polar surface area (TPSA) is 66.0 Å². The number of aromatic nitrogens is 3. The van der Waals surface area contributed by atoms with Crippen LogP contribution in [0.4, 0.5) is 0 Å². The van der Waals surface area contributed by atoms with E-state index in [0.29, 0.717) is 0 Å². The first-order valence-electron chi connectivity index (χ1n) is 3.93. The van der Waals surface area contributed by atoms with Crippen LogP contribution in [0.15, 0.2) is 21.0 Å². The molecule has 6 nitrogen and oxygen atoms in total. The standard InChI is InChI=1S/C8H11N3O3/c1-5(2)11-7(13)9(3)6(12)10(4)8(11)14/h1H2,2-4H3. The monoisotopic (exact) mass is 197 g/mol. The van der Waals surface area contributed by atoms with Gasteiger partial charge >= 0.3 is 17.1 Å². The van der Waals surface area contributed by atoms with Crippen LogP contribution in [0.1, 0.15) is 6.92 Å². The molecule has 0 aliphatic heterocycles. The van der Waals surface area contributed by atoms with Gasteiger partial charge in [-0.1, -0.05) is 6.58 Å². The van der Waals surface area contributed by atoms with Crippen LogP contribution >= 0.6 is 0 Å². The van der Waals surface area contributed by atoms with Crippen molar-refractivity contribution >= 4 is 5.70 Å². The van der Waals surface area contributed by atoms with E-state index in [1.807, 2.05) is 0 Å². The molecule has 76 valence electrons. The molecule has 0 aliphatic carbocycles. The zero-order valence-electron chi connectivity index (χ0n) is 8.27. The smallest absolute Gasteiger partial charge is 0.248 e. The number of hydrogen-bond donors (Lipinski definition) is 0. The second-order valence-electron chi connectivity index (χ2n) is 3.04. The predicted octanol–water partition coefficient (Wildman–Crippen LogP) is -1.26. The lowest BCUT2D eigenvalue weighted by Crippen LogP contribution is -2.52. The molecule has 0 bridgehead atoms. The van der Waals surface area contributed by atoms with E-state index in [0.717, 1.165) is 13.7 Å². The molecule has 0 unspecified atom stereocenters. The first-order valence-corrected chi connectivity index (χ1v) is 3.93. The lowest BCUT2D eigenvalue weighted by atomic mass is 10.5. The number of hydrogen-bond acceptors (Lipinski definition) is 3. The lowest BCUT2D eigenvalue weighted by molar-refractivity contribution is 0.585. The molecule has 0 saturated carbocycles. The Balaban J connectivity index is 3.99. The highest BCUT2D eigenvalue weighted by atomic mass is 16.2. The van der Waals surface area contributed by atoms with Crippen LogP contribution in [-0.2, 0) is 14.1 Å². The third-order valence-corrected chi connectivity index (χ3v) is 1.91. The Bertz CT molecular complexity index is 518. The van der Waals surface area contributed by atoms with Gasteiger partial charge in [-0.15, -0.1) is 0 Å². The molecule has 0 N–H and O–H groups in total. The van der Waals surface area contributed by atoms with Gasteiger partial charge < -0.3 is 0 Å². The highest BCUT2D eigenvalue weighted by Gasteiger charge is 2.09. The summed E-state index contributed by atoms with van der Waals surface area (Å²) < 4.78 is 2.56. The van der Waals surface area contributed by atoms with Crippen LogP contribution in [0.2, 0.25) is 0 Å². The summed E-state index contributed by atoms with van der Waals surface area (Å²) in [7, 11) is 2.62. The minimum atomic E-state index is -0.675. The van der Waals surface area contributed by atoms with Crippen LogP contribution in [0, 0.1) is 0 Å². The molecule has 1 aromatic heterocycles. The van der Waals surface area contributed by atoms with E-state index in [9.17, 15) is 14.4 Å². The Morgan fingerprint density at radius 3 is 1.64 bits per heavy atom. The average molecular weight is 197 g/mol. The van der Waals surface area contributed by atoms with Crippen molar-refractivity contribution in [3.8, 4) is 0 Å². The highest BCUT2D eigenvalue weighted by molar-refractivity contribution is 5.36. The van der Waals surface area contributed by atoms with Crippen LogP contribution in [0.5, 0.6) is 0 Å². The molecule has 0 spiro atoms. The molecule has 1 heterocycles. The molecule has 0 fully saturated rings. The summed E-state index contributed by atoms with van der Waals surface area (Å²) in [4.78, 5) is 34.2. The third-order valence-electron chi connectivity index (χ3n) is 1.91. The van der Waals surface area contributed by atoms with Gasteiger partial charge in [-0.2, -0.15) is 0 Å². The SMILES string of the molecule is C=C(C)n1c(=O)n(C)c(=O)n(C)c1=O. The number of nitrogens with zero attached hydrogens (tertiary/aromatic N) is 3. The van der Waals surface area contributed by atoms with E-state index in [2.05, 4.69) is 6.58 Å². The summed E-state index contributed by atoms with van der Waals surface area (Å²) >= 11 is 0. The minimum Gasteiger partial charge on any atom is -0.248 e. The molecular weight excluding hydrogens is 186 g/mol. The van der Waals surface area contributed by atoms with Crippen molar-refractivity contribution in [1.82, 2.24) is 13.7 Å². The highest BCUT2D eigenvalue weighted by Crippen LogP contribution is 1.86. The zero-order chi connectivity index (χ0) is 11.0. The Morgan fingerprint density at radius 2 is 1.36 bits per heavy atom. The van der Waals surface area contributed by atoms with Gasteiger partial charge in [0.1, 0.15) is 0 Å². The van der Waals surface area contributed by atoms with Crippen molar-refractivity contribution < 1.29 is 0 Å². The fourth-order valence-electron chi connectivity index (χ4n) is 1.10. The number of allylic oxidation sites excluding steroid dienone is 1. The van der Waals surface area contributed by atoms with Gasteiger partial charge in [0.2, 0.25) is 0 Å². The Labute approximate surface area is 79.3 Å². The molecular formula is C8H11N3O3. The van der Waals surface area contributed by atoms with Crippen molar-refractivity contribution in [2.45, 2.75) is 6.92 Å². The van der Waals surface area contributed by atoms with E-state index < -0.39 is 17.1 Å². The first kappa shape index (κ1) is 10.2. The van der Waals surface area contributed by atoms with Gasteiger partial charge in [-0.05, 0) is 6.92 Å². The Kier molecular flexibility index (Phi) is 2.29. The van der Waals surface area contributed by atoms with E-state index in [4.69, 9.17) is 0 Å². The van der Waals surface area contributed by atoms with Crippen LogP contribution in [0.3, 0.4) is 0 Å². The predicted molar refractivity (Wildman–Crippen MR) is 52.2 cm³/mol. The van der Waals surface area contributed by atoms with Crippen molar-refractivity contribution in [2.24, 2.45) is 14.1 Å². The molecule has 0 aromatic carbocycles. The molecule has 0 aliphatic rings. The molecule has 0 atom stereocenters. The van der Waals surface area contributed by atoms with Gasteiger partial charge in [0, 0.05) is 19.8 Å². The summed E-state index contributed by atoms with van der Waals surface area (Å²) in [5.41, 5.74) is -1.71. The zero-order valence-corrected chi connectivity index (χ0v) is 8.27. The number of rotatable bonds is 1. The summed E-state index contributed by atoms with van der Waals surface area (Å²) in [6.07, 6.45) is 0. The normalized spacial score (nSPS) is 10.2. The van der Waals surface area contributed by atoms with Gasteiger partial charge in [-0.3, -0.25) is 0 Å². The molecule has 0 radical (unpaired) electrons. The Hall–Kier alpha value is -1.85. The molecule has 1 rings (SSSR count).